The molecule has 0 saturated heterocycles. The Kier molecular flexibility index (Phi) is 3.56. The minimum absolute atomic E-state index is 0.157. The van der Waals surface area contributed by atoms with Crippen molar-refractivity contribution in [3.63, 3.8) is 0 Å². The van der Waals surface area contributed by atoms with E-state index in [9.17, 15) is 9.59 Å². The van der Waals surface area contributed by atoms with Gasteiger partial charge >= 0.3 is 5.97 Å². The van der Waals surface area contributed by atoms with E-state index in [0.29, 0.717) is 5.69 Å². The lowest BCUT2D eigenvalue weighted by Crippen LogP contribution is -2.18. The summed E-state index contributed by atoms with van der Waals surface area (Å²) in [4.78, 5) is 26.5. The number of carboxylic acid groups (broad SMARTS) is 1. The molecule has 2 rings (SSSR count). The molecule has 2 aromatic heterocycles. The first-order valence-electron chi connectivity index (χ1n) is 5.57. The number of hydrogen-bond donors (Lipinski definition) is 2. The van der Waals surface area contributed by atoms with Gasteiger partial charge in [-0.25, -0.2) is 4.79 Å². The molecule has 0 saturated carbocycles. The van der Waals surface area contributed by atoms with Gasteiger partial charge in [0.05, 0.1) is 0 Å². The van der Waals surface area contributed by atoms with Gasteiger partial charge in [0.2, 0.25) is 0 Å². The lowest BCUT2D eigenvalue weighted by atomic mass is 10.3. The van der Waals surface area contributed by atoms with Crippen LogP contribution in [0.25, 0.3) is 0 Å². The number of carbonyl (C=O) groups excluding carboxylic acids is 1. The van der Waals surface area contributed by atoms with Crippen molar-refractivity contribution in [2.24, 2.45) is 0 Å². The van der Waals surface area contributed by atoms with Crippen LogP contribution in [0.2, 0.25) is 0 Å². The molecule has 0 aliphatic heterocycles. The monoisotopic (exact) mass is 260 g/mol. The highest BCUT2D eigenvalue weighted by molar-refractivity contribution is 6.02. The minimum Gasteiger partial charge on any atom is -0.480 e. The SMILES string of the molecule is CC(C(=O)O)n1ccc(C(=O)Nc2ccncc2)n1. The third-order valence-corrected chi connectivity index (χ3v) is 2.53. The molecule has 0 aliphatic carbocycles. The molecule has 1 atom stereocenters. The minimum atomic E-state index is -1.01. The highest BCUT2D eigenvalue weighted by Crippen LogP contribution is 2.09. The number of rotatable bonds is 4. The van der Waals surface area contributed by atoms with E-state index in [1.165, 1.54) is 23.9 Å². The molecule has 2 aromatic rings. The summed E-state index contributed by atoms with van der Waals surface area (Å²) in [6.45, 7) is 1.49. The van der Waals surface area contributed by atoms with E-state index in [2.05, 4.69) is 15.4 Å². The molecule has 98 valence electrons. The van der Waals surface area contributed by atoms with Crippen LogP contribution >= 0.6 is 0 Å². The number of pyridine rings is 1. The fourth-order valence-corrected chi connectivity index (χ4v) is 1.42. The number of carboxylic acids is 1. The zero-order valence-corrected chi connectivity index (χ0v) is 10.1. The highest BCUT2D eigenvalue weighted by Gasteiger charge is 2.16. The number of hydrogen-bond acceptors (Lipinski definition) is 4. The molecule has 0 radical (unpaired) electrons. The summed E-state index contributed by atoms with van der Waals surface area (Å²) >= 11 is 0. The Labute approximate surface area is 108 Å². The Hall–Kier alpha value is -2.70. The second-order valence-corrected chi connectivity index (χ2v) is 3.89. The van der Waals surface area contributed by atoms with Gasteiger partial charge in [-0.3, -0.25) is 14.5 Å². The van der Waals surface area contributed by atoms with Crippen LogP contribution in [0.4, 0.5) is 5.69 Å². The summed E-state index contributed by atoms with van der Waals surface area (Å²) in [5.74, 6) is -1.41. The Morgan fingerprint density at radius 1 is 1.32 bits per heavy atom. The summed E-state index contributed by atoms with van der Waals surface area (Å²) in [5, 5.41) is 15.4. The van der Waals surface area contributed by atoms with Gasteiger partial charge in [-0.2, -0.15) is 5.10 Å². The fraction of sp³-hybridized carbons (Fsp3) is 0.167. The van der Waals surface area contributed by atoms with Crippen molar-refractivity contribution < 1.29 is 14.7 Å². The molecule has 7 nitrogen and oxygen atoms in total. The first-order chi connectivity index (χ1) is 9.08. The third kappa shape index (κ3) is 2.95. The van der Waals surface area contributed by atoms with Crippen LogP contribution in [0, 0.1) is 0 Å². The van der Waals surface area contributed by atoms with Crippen molar-refractivity contribution in [2.75, 3.05) is 5.32 Å². The topological polar surface area (TPSA) is 97.1 Å². The first-order valence-corrected chi connectivity index (χ1v) is 5.57. The lowest BCUT2D eigenvalue weighted by molar-refractivity contribution is -0.140. The van der Waals surface area contributed by atoms with E-state index < -0.39 is 17.9 Å². The van der Waals surface area contributed by atoms with E-state index in [0.717, 1.165) is 0 Å². The predicted octanol–water partition coefficient (Wildman–Crippen LogP) is 1.18. The Morgan fingerprint density at radius 2 is 2.00 bits per heavy atom. The van der Waals surface area contributed by atoms with E-state index in [1.807, 2.05) is 0 Å². The zero-order valence-electron chi connectivity index (χ0n) is 10.1. The molecule has 0 aliphatic rings. The highest BCUT2D eigenvalue weighted by atomic mass is 16.4. The van der Waals surface area contributed by atoms with E-state index in [-0.39, 0.29) is 5.69 Å². The smallest absolute Gasteiger partial charge is 0.328 e. The van der Waals surface area contributed by atoms with Crippen LogP contribution in [-0.2, 0) is 4.79 Å². The van der Waals surface area contributed by atoms with Crippen LogP contribution in [0.15, 0.2) is 36.8 Å². The number of carbonyl (C=O) groups is 2. The average Bonchev–Trinajstić information content (AvgIpc) is 2.88. The van der Waals surface area contributed by atoms with Crippen molar-refractivity contribution in [1.82, 2.24) is 14.8 Å². The number of aliphatic carboxylic acids is 1. The summed E-state index contributed by atoms with van der Waals surface area (Å²) in [7, 11) is 0. The van der Waals surface area contributed by atoms with Gasteiger partial charge in [0.15, 0.2) is 5.69 Å². The molecule has 1 amide bonds. The van der Waals surface area contributed by atoms with Crippen LogP contribution in [-0.4, -0.2) is 31.7 Å². The molecule has 0 spiro atoms. The first kappa shape index (κ1) is 12.7. The van der Waals surface area contributed by atoms with Crippen molar-refractivity contribution in [3.8, 4) is 0 Å². The molecule has 2 N–H and O–H groups in total. The summed E-state index contributed by atoms with van der Waals surface area (Å²) in [5.41, 5.74) is 0.755. The van der Waals surface area contributed by atoms with Crippen LogP contribution in [0.5, 0.6) is 0 Å². The quantitative estimate of drug-likeness (QED) is 0.860. The Morgan fingerprint density at radius 3 is 2.63 bits per heavy atom. The third-order valence-electron chi connectivity index (χ3n) is 2.53. The maximum atomic E-state index is 11.9. The molecule has 0 fully saturated rings. The van der Waals surface area contributed by atoms with Crippen LogP contribution < -0.4 is 5.32 Å². The average molecular weight is 260 g/mol. The number of aromatic nitrogens is 3. The molecule has 0 aromatic carbocycles. The van der Waals surface area contributed by atoms with Gasteiger partial charge in [0.1, 0.15) is 6.04 Å². The van der Waals surface area contributed by atoms with Gasteiger partial charge in [0.25, 0.3) is 5.91 Å². The molecular weight excluding hydrogens is 248 g/mol. The largest absolute Gasteiger partial charge is 0.480 e. The molecule has 2 heterocycles. The van der Waals surface area contributed by atoms with Crippen molar-refractivity contribution in [1.29, 1.82) is 0 Å². The van der Waals surface area contributed by atoms with Gasteiger partial charge < -0.3 is 10.4 Å². The number of nitrogens with one attached hydrogen (secondary N) is 1. The van der Waals surface area contributed by atoms with Gasteiger partial charge in [-0.1, -0.05) is 0 Å². The Bertz CT molecular complexity index is 594. The van der Waals surface area contributed by atoms with E-state index in [4.69, 9.17) is 5.11 Å². The molecule has 7 heteroatoms. The summed E-state index contributed by atoms with van der Waals surface area (Å²) in [6.07, 6.45) is 4.57. The zero-order chi connectivity index (χ0) is 13.8. The Balaban J connectivity index is 2.10. The van der Waals surface area contributed by atoms with E-state index in [1.54, 1.807) is 24.5 Å². The number of amides is 1. The predicted molar refractivity (Wildman–Crippen MR) is 66.8 cm³/mol. The van der Waals surface area contributed by atoms with Gasteiger partial charge in [-0.05, 0) is 25.1 Å². The van der Waals surface area contributed by atoms with Crippen LogP contribution in [0.1, 0.15) is 23.5 Å². The number of nitrogens with zero attached hydrogens (tertiary/aromatic N) is 3. The molecule has 1 unspecified atom stereocenters. The van der Waals surface area contributed by atoms with Gasteiger partial charge in [-0.15, -0.1) is 0 Å². The lowest BCUT2D eigenvalue weighted by Gasteiger charge is -2.05. The standard InChI is InChI=1S/C12H12N4O3/c1-8(12(18)19)16-7-4-10(15-16)11(17)14-9-2-5-13-6-3-9/h2-8H,1H3,(H,18,19)(H,13,14,17). The molecular formula is C12H12N4O3. The molecule has 0 bridgehead atoms. The van der Waals surface area contributed by atoms with Crippen LogP contribution in [0.3, 0.4) is 0 Å². The van der Waals surface area contributed by atoms with Crippen molar-refractivity contribution in [3.05, 3.63) is 42.5 Å². The normalized spacial score (nSPS) is 11.8. The van der Waals surface area contributed by atoms with Crippen molar-refractivity contribution in [2.45, 2.75) is 13.0 Å². The van der Waals surface area contributed by atoms with Gasteiger partial charge in [0, 0.05) is 24.3 Å². The van der Waals surface area contributed by atoms with Crippen molar-refractivity contribution >= 4 is 17.6 Å². The summed E-state index contributed by atoms with van der Waals surface area (Å²) in [6, 6.07) is 3.95. The maximum Gasteiger partial charge on any atom is 0.328 e. The summed E-state index contributed by atoms with van der Waals surface area (Å²) < 4.78 is 1.23. The fourth-order valence-electron chi connectivity index (χ4n) is 1.42. The second kappa shape index (κ2) is 5.30. The van der Waals surface area contributed by atoms with E-state index >= 15 is 0 Å². The second-order valence-electron chi connectivity index (χ2n) is 3.89. The molecule has 19 heavy (non-hydrogen) atoms. The maximum absolute atomic E-state index is 11.9. The number of anilines is 1.